The Labute approximate surface area is 238 Å². The maximum atomic E-state index is 13.6. The van der Waals surface area contributed by atoms with Crippen molar-refractivity contribution in [2.24, 2.45) is 7.05 Å². The van der Waals surface area contributed by atoms with E-state index in [1.807, 2.05) is 4.72 Å². The van der Waals surface area contributed by atoms with Crippen molar-refractivity contribution in [3.63, 3.8) is 0 Å². The fourth-order valence-electron chi connectivity index (χ4n) is 4.70. The Bertz CT molecular complexity index is 1370. The predicted octanol–water partition coefficient (Wildman–Crippen LogP) is 3.74. The zero-order chi connectivity index (χ0) is 29.2. The van der Waals surface area contributed by atoms with Gasteiger partial charge in [-0.05, 0) is 64.7 Å². The molecule has 1 aromatic heterocycles. The van der Waals surface area contributed by atoms with Crippen LogP contribution < -0.4 is 15.4 Å². The van der Waals surface area contributed by atoms with Gasteiger partial charge in [0.15, 0.2) is 0 Å². The van der Waals surface area contributed by atoms with Crippen molar-refractivity contribution < 1.29 is 27.5 Å². The van der Waals surface area contributed by atoms with Gasteiger partial charge in [-0.2, -0.15) is 12.7 Å². The predicted molar refractivity (Wildman–Crippen MR) is 150 cm³/mol. The van der Waals surface area contributed by atoms with Gasteiger partial charge in [-0.1, -0.05) is 23.2 Å². The maximum absolute atomic E-state index is 13.6. The van der Waals surface area contributed by atoms with Crippen LogP contribution in [0.4, 0.5) is 4.79 Å². The molecule has 14 heteroatoms. The molecule has 0 spiro atoms. The van der Waals surface area contributed by atoms with Gasteiger partial charge in [-0.25, -0.2) is 9.52 Å². The normalized spacial score (nSPS) is 18.5. The molecule has 1 atom stereocenters. The average Bonchev–Trinajstić information content (AvgIpc) is 3.15. The average molecular weight is 605 g/mol. The second-order valence-corrected chi connectivity index (χ2v) is 13.2. The Hall–Kier alpha value is -2.54. The Kier molecular flexibility index (Phi) is 9.47. The molecule has 0 aliphatic carbocycles. The summed E-state index contributed by atoms with van der Waals surface area (Å²) in [5.74, 6) is -0.603. The largest absolute Gasteiger partial charge is 0.443 e. The molecule has 216 valence electrons. The third kappa shape index (κ3) is 7.77. The van der Waals surface area contributed by atoms with E-state index in [9.17, 15) is 22.8 Å². The van der Waals surface area contributed by atoms with Crippen molar-refractivity contribution in [2.45, 2.75) is 64.5 Å². The van der Waals surface area contributed by atoms with Crippen molar-refractivity contribution in [1.82, 2.24) is 24.2 Å². The van der Waals surface area contributed by atoms with Gasteiger partial charge in [0.25, 0.3) is 5.91 Å². The first-order valence-corrected chi connectivity index (χ1v) is 14.7. The number of amides is 3. The third-order valence-electron chi connectivity index (χ3n) is 6.42. The highest BCUT2D eigenvalue weighted by molar-refractivity contribution is 7.87. The molecular weight excluding hydrogens is 569 g/mol. The number of carbonyl (C=O) groups is 3. The van der Waals surface area contributed by atoms with Gasteiger partial charge in [0.1, 0.15) is 11.3 Å². The van der Waals surface area contributed by atoms with E-state index < -0.39 is 33.3 Å². The van der Waals surface area contributed by atoms with Gasteiger partial charge in [0.2, 0.25) is 5.91 Å². The fourth-order valence-corrected chi connectivity index (χ4v) is 6.24. The Morgan fingerprint density at radius 3 is 2.51 bits per heavy atom. The Morgan fingerprint density at radius 1 is 1.18 bits per heavy atom. The molecule has 1 fully saturated rings. The number of hydrogen-bond acceptors (Lipinski definition) is 6. The molecule has 3 amide bonds. The second kappa shape index (κ2) is 11.9. The summed E-state index contributed by atoms with van der Waals surface area (Å²) in [6.45, 7) is 6.74. The molecule has 1 aliphatic heterocycles. The van der Waals surface area contributed by atoms with Crippen LogP contribution >= 0.6 is 23.2 Å². The summed E-state index contributed by atoms with van der Waals surface area (Å²) in [6.07, 6.45) is 0.719. The molecule has 2 aromatic rings. The van der Waals surface area contributed by atoms with Crippen LogP contribution in [0.1, 0.15) is 63.9 Å². The Balaban J connectivity index is 1.88. The molecule has 0 bridgehead atoms. The number of rotatable bonds is 8. The molecular formula is C25H35Cl2N5O6S. The molecule has 1 aromatic carbocycles. The number of halogens is 2. The molecule has 2 heterocycles. The zero-order valence-electron chi connectivity index (χ0n) is 22.7. The van der Waals surface area contributed by atoms with Crippen LogP contribution in [0.2, 0.25) is 10.0 Å². The van der Waals surface area contributed by atoms with Gasteiger partial charge in [-0.3, -0.25) is 9.59 Å². The first-order valence-electron chi connectivity index (χ1n) is 12.5. The molecule has 11 nitrogen and oxygen atoms in total. The van der Waals surface area contributed by atoms with Gasteiger partial charge in [0.05, 0.1) is 15.6 Å². The lowest BCUT2D eigenvalue weighted by molar-refractivity contribution is -0.119. The summed E-state index contributed by atoms with van der Waals surface area (Å²) in [7, 11) is -2.53. The number of fused-ring (bicyclic) bond motifs is 1. The quantitative estimate of drug-likeness (QED) is 0.393. The lowest BCUT2D eigenvalue weighted by atomic mass is 9.85. The lowest BCUT2D eigenvalue weighted by Gasteiger charge is -2.42. The van der Waals surface area contributed by atoms with Crippen molar-refractivity contribution in [3.05, 3.63) is 33.9 Å². The highest BCUT2D eigenvalue weighted by Gasteiger charge is 2.41. The summed E-state index contributed by atoms with van der Waals surface area (Å²) in [4.78, 5) is 37.2. The van der Waals surface area contributed by atoms with E-state index >= 15 is 0 Å². The topological polar surface area (TPSA) is 139 Å². The van der Waals surface area contributed by atoms with Crippen LogP contribution in [0, 0.1) is 0 Å². The van der Waals surface area contributed by atoms with Crippen LogP contribution in [0.25, 0.3) is 10.9 Å². The minimum atomic E-state index is -4.26. The molecule has 1 unspecified atom stereocenters. The standard InChI is InChI=1S/C25H35Cl2N5O6S/c1-16(33)28-12-6-10-25(11-7-13-32(15-25)39(36,37)30-23(35)38-24(2,3)4)29-22(34)20-14-17-19(31(20)5)9-8-18(26)21(17)27/h8-9,14H,6-7,10-13,15H2,1-5H3,(H,28,33)(H,29,34)(H,30,35). The van der Waals surface area contributed by atoms with E-state index in [2.05, 4.69) is 10.6 Å². The molecule has 0 saturated carbocycles. The molecule has 1 aliphatic rings. The molecule has 3 rings (SSSR count). The fraction of sp³-hybridized carbons (Fsp3) is 0.560. The van der Waals surface area contributed by atoms with Gasteiger partial charge < -0.3 is 19.9 Å². The van der Waals surface area contributed by atoms with Crippen molar-refractivity contribution in [2.75, 3.05) is 19.6 Å². The number of piperidine rings is 1. The SMILES string of the molecule is CC(=O)NCCCC1(NC(=O)c2cc3c(Cl)c(Cl)ccc3n2C)CCCN(S(=O)(=O)NC(=O)OC(C)(C)C)C1. The molecule has 1 saturated heterocycles. The van der Waals surface area contributed by atoms with E-state index in [1.165, 1.54) is 6.92 Å². The highest BCUT2D eigenvalue weighted by Crippen LogP contribution is 2.33. The number of aryl methyl sites for hydroxylation is 1. The van der Waals surface area contributed by atoms with E-state index in [4.69, 9.17) is 27.9 Å². The van der Waals surface area contributed by atoms with Gasteiger partial charge in [0, 0.05) is 44.5 Å². The number of nitrogens with zero attached hydrogens (tertiary/aromatic N) is 2. The number of carbonyl (C=O) groups excluding carboxylic acids is 3. The summed E-state index contributed by atoms with van der Waals surface area (Å²) in [5.41, 5.74) is -0.811. The number of hydrogen-bond donors (Lipinski definition) is 3. The van der Waals surface area contributed by atoms with Crippen LogP contribution in [0.3, 0.4) is 0 Å². The minimum absolute atomic E-state index is 0.0759. The van der Waals surface area contributed by atoms with Crippen LogP contribution in [-0.4, -0.2) is 66.0 Å². The molecule has 0 radical (unpaired) electrons. The van der Waals surface area contributed by atoms with Crippen LogP contribution in [0.15, 0.2) is 18.2 Å². The number of nitrogens with one attached hydrogen (secondary N) is 3. The number of ether oxygens (including phenoxy) is 1. The molecule has 3 N–H and O–H groups in total. The third-order valence-corrected chi connectivity index (χ3v) is 8.66. The monoisotopic (exact) mass is 603 g/mol. The van der Waals surface area contributed by atoms with Crippen molar-refractivity contribution in [1.29, 1.82) is 0 Å². The summed E-state index contributed by atoms with van der Waals surface area (Å²) >= 11 is 12.5. The summed E-state index contributed by atoms with van der Waals surface area (Å²) < 4.78 is 36.1. The summed E-state index contributed by atoms with van der Waals surface area (Å²) in [5, 5.41) is 7.10. The van der Waals surface area contributed by atoms with E-state index in [0.29, 0.717) is 58.9 Å². The highest BCUT2D eigenvalue weighted by atomic mass is 35.5. The second-order valence-electron chi connectivity index (χ2n) is 10.7. The smallest absolute Gasteiger partial charge is 0.422 e. The minimum Gasteiger partial charge on any atom is -0.443 e. The lowest BCUT2D eigenvalue weighted by Crippen LogP contribution is -2.61. The number of aromatic nitrogens is 1. The first-order chi connectivity index (χ1) is 18.0. The van der Waals surface area contributed by atoms with E-state index in [0.717, 1.165) is 4.31 Å². The van der Waals surface area contributed by atoms with E-state index in [1.54, 1.807) is 50.6 Å². The number of benzene rings is 1. The van der Waals surface area contributed by atoms with Gasteiger partial charge in [-0.15, -0.1) is 0 Å². The summed E-state index contributed by atoms with van der Waals surface area (Å²) in [6, 6.07) is 5.06. The first kappa shape index (κ1) is 31.0. The van der Waals surface area contributed by atoms with Crippen LogP contribution in [0.5, 0.6) is 0 Å². The van der Waals surface area contributed by atoms with Crippen molar-refractivity contribution in [3.8, 4) is 0 Å². The van der Waals surface area contributed by atoms with Crippen molar-refractivity contribution >= 4 is 62.2 Å². The zero-order valence-corrected chi connectivity index (χ0v) is 25.0. The van der Waals surface area contributed by atoms with E-state index in [-0.39, 0.29) is 19.0 Å². The van der Waals surface area contributed by atoms with Crippen LogP contribution in [-0.2, 0) is 26.8 Å². The van der Waals surface area contributed by atoms with Gasteiger partial charge >= 0.3 is 16.3 Å². The molecule has 39 heavy (non-hydrogen) atoms. The maximum Gasteiger partial charge on any atom is 0.422 e. The Morgan fingerprint density at radius 2 is 1.87 bits per heavy atom.